The molecule has 80 valence electrons. The van der Waals surface area contributed by atoms with Gasteiger partial charge in [-0.05, 0) is 6.92 Å². The molecule has 0 amide bonds. The lowest BCUT2D eigenvalue weighted by Crippen LogP contribution is -2.38. The number of ketones is 2. The number of hydrogen-bond donors (Lipinski definition) is 0. The van der Waals surface area contributed by atoms with Crippen LogP contribution in [0.25, 0.3) is 0 Å². The molecule has 0 saturated heterocycles. The zero-order valence-electron chi connectivity index (χ0n) is 8.79. The summed E-state index contributed by atoms with van der Waals surface area (Å²) in [5, 5.41) is 0. The number of carbonyl (C=O) groups is 2. The van der Waals surface area contributed by atoms with Crippen molar-refractivity contribution in [3.05, 3.63) is 35.9 Å². The van der Waals surface area contributed by atoms with Crippen LogP contribution in [0.15, 0.2) is 30.3 Å². The van der Waals surface area contributed by atoms with E-state index in [0.29, 0.717) is 0 Å². The molecule has 1 atom stereocenters. The zero-order valence-corrected chi connectivity index (χ0v) is 8.79. The fourth-order valence-corrected chi connectivity index (χ4v) is 1.32. The van der Waals surface area contributed by atoms with E-state index < -0.39 is 17.2 Å². The van der Waals surface area contributed by atoms with Gasteiger partial charge in [-0.25, -0.2) is 4.39 Å². The van der Waals surface area contributed by atoms with Crippen molar-refractivity contribution in [3.8, 4) is 0 Å². The predicted octanol–water partition coefficient (Wildman–Crippen LogP) is 2.58. The second-order valence-corrected chi connectivity index (χ2v) is 3.47. The first kappa shape index (κ1) is 11.6. The summed E-state index contributed by atoms with van der Waals surface area (Å²) in [6.45, 7) is 2.56. The van der Waals surface area contributed by atoms with E-state index in [-0.39, 0.29) is 12.0 Å². The Kier molecular flexibility index (Phi) is 3.35. The molecule has 0 aliphatic rings. The highest BCUT2D eigenvalue weighted by Crippen LogP contribution is 2.20. The van der Waals surface area contributed by atoms with Crippen LogP contribution in [0.4, 0.5) is 4.39 Å². The standard InChI is InChI=1S/C12H13FO2/c1-3-10(14)12(2,13)11(15)9-7-5-4-6-8-9/h4-8H,3H2,1-2H3/t12-/m0/s1. The SMILES string of the molecule is CCC(=O)[C@](C)(F)C(=O)c1ccccc1. The van der Waals surface area contributed by atoms with Crippen LogP contribution in [0.5, 0.6) is 0 Å². The monoisotopic (exact) mass is 208 g/mol. The molecule has 15 heavy (non-hydrogen) atoms. The van der Waals surface area contributed by atoms with Gasteiger partial charge in [0, 0.05) is 12.0 Å². The molecule has 0 unspecified atom stereocenters. The van der Waals surface area contributed by atoms with E-state index in [1.165, 1.54) is 12.1 Å². The molecule has 2 nitrogen and oxygen atoms in total. The summed E-state index contributed by atoms with van der Waals surface area (Å²) < 4.78 is 13.9. The minimum atomic E-state index is -2.41. The first-order chi connectivity index (χ1) is 7.00. The summed E-state index contributed by atoms with van der Waals surface area (Å²) in [6, 6.07) is 8.01. The number of halogens is 1. The normalized spacial score (nSPS) is 14.3. The molecule has 3 heteroatoms. The van der Waals surface area contributed by atoms with Gasteiger partial charge < -0.3 is 0 Å². The van der Waals surface area contributed by atoms with E-state index in [1.54, 1.807) is 25.1 Å². The molecule has 1 rings (SSSR count). The largest absolute Gasteiger partial charge is 0.296 e. The molecule has 0 aliphatic heterocycles. The van der Waals surface area contributed by atoms with Crippen LogP contribution in [-0.4, -0.2) is 17.2 Å². The summed E-state index contributed by atoms with van der Waals surface area (Å²) in [7, 11) is 0. The van der Waals surface area contributed by atoms with Gasteiger partial charge in [0.25, 0.3) is 0 Å². The molecule has 0 radical (unpaired) electrons. The highest BCUT2D eigenvalue weighted by Gasteiger charge is 2.39. The van der Waals surface area contributed by atoms with E-state index >= 15 is 0 Å². The van der Waals surface area contributed by atoms with Crippen molar-refractivity contribution in [1.82, 2.24) is 0 Å². The van der Waals surface area contributed by atoms with Crippen LogP contribution in [0.1, 0.15) is 30.6 Å². The summed E-state index contributed by atoms with van der Waals surface area (Å²) in [5.74, 6) is -1.45. The maximum absolute atomic E-state index is 13.9. The molecule has 0 fully saturated rings. The lowest BCUT2D eigenvalue weighted by molar-refractivity contribution is -0.126. The average molecular weight is 208 g/mol. The van der Waals surface area contributed by atoms with Crippen LogP contribution < -0.4 is 0 Å². The zero-order chi connectivity index (χ0) is 11.5. The van der Waals surface area contributed by atoms with E-state index in [2.05, 4.69) is 0 Å². The van der Waals surface area contributed by atoms with Crippen molar-refractivity contribution < 1.29 is 14.0 Å². The Morgan fingerprint density at radius 1 is 1.27 bits per heavy atom. The van der Waals surface area contributed by atoms with Gasteiger partial charge in [0.1, 0.15) is 0 Å². The van der Waals surface area contributed by atoms with Gasteiger partial charge in [0.2, 0.25) is 11.5 Å². The minimum absolute atomic E-state index is 0.0194. The smallest absolute Gasteiger partial charge is 0.227 e. The molecule has 1 aromatic rings. The quantitative estimate of drug-likeness (QED) is 0.563. The van der Waals surface area contributed by atoms with Crippen molar-refractivity contribution in [3.63, 3.8) is 0 Å². The number of benzene rings is 1. The number of Topliss-reactive ketones (excluding diaryl/α,β-unsaturated/α-hetero) is 2. The van der Waals surface area contributed by atoms with Gasteiger partial charge in [-0.1, -0.05) is 37.3 Å². The molecule has 0 N–H and O–H groups in total. The first-order valence-electron chi connectivity index (χ1n) is 4.82. The second-order valence-electron chi connectivity index (χ2n) is 3.47. The number of hydrogen-bond acceptors (Lipinski definition) is 2. The van der Waals surface area contributed by atoms with E-state index in [4.69, 9.17) is 0 Å². The molecule has 0 aromatic heterocycles. The van der Waals surface area contributed by atoms with Gasteiger partial charge >= 0.3 is 0 Å². The van der Waals surface area contributed by atoms with Crippen molar-refractivity contribution in [1.29, 1.82) is 0 Å². The van der Waals surface area contributed by atoms with Crippen LogP contribution >= 0.6 is 0 Å². The third kappa shape index (κ3) is 2.29. The molecular formula is C12H13FO2. The summed E-state index contributed by atoms with van der Waals surface area (Å²) in [6.07, 6.45) is 0.0194. The Hall–Kier alpha value is -1.51. The van der Waals surface area contributed by atoms with E-state index in [0.717, 1.165) is 6.92 Å². The molecule has 0 aliphatic carbocycles. The summed E-state index contributed by atoms with van der Waals surface area (Å²) in [4.78, 5) is 22.9. The third-order valence-electron chi connectivity index (χ3n) is 2.31. The molecule has 1 aromatic carbocycles. The Morgan fingerprint density at radius 2 is 1.80 bits per heavy atom. The lowest BCUT2D eigenvalue weighted by atomic mass is 9.91. The van der Waals surface area contributed by atoms with Crippen molar-refractivity contribution >= 4 is 11.6 Å². The molecule has 0 bridgehead atoms. The van der Waals surface area contributed by atoms with Gasteiger partial charge in [0.05, 0.1) is 0 Å². The maximum Gasteiger partial charge on any atom is 0.227 e. The van der Waals surface area contributed by atoms with Crippen LogP contribution in [-0.2, 0) is 4.79 Å². The molecule has 0 spiro atoms. The second kappa shape index (κ2) is 4.34. The fraction of sp³-hybridized carbons (Fsp3) is 0.333. The Labute approximate surface area is 88.1 Å². The molecule has 0 heterocycles. The first-order valence-corrected chi connectivity index (χ1v) is 4.82. The Morgan fingerprint density at radius 3 is 2.27 bits per heavy atom. The van der Waals surface area contributed by atoms with E-state index in [9.17, 15) is 14.0 Å². The lowest BCUT2D eigenvalue weighted by Gasteiger charge is -2.16. The predicted molar refractivity (Wildman–Crippen MR) is 55.6 cm³/mol. The highest BCUT2D eigenvalue weighted by molar-refractivity contribution is 6.16. The van der Waals surface area contributed by atoms with E-state index in [1.807, 2.05) is 0 Å². The minimum Gasteiger partial charge on any atom is -0.296 e. The summed E-state index contributed by atoms with van der Waals surface area (Å²) in [5.41, 5.74) is -2.18. The maximum atomic E-state index is 13.9. The van der Waals surface area contributed by atoms with Gasteiger partial charge in [0.15, 0.2) is 5.78 Å². The number of rotatable bonds is 4. The van der Waals surface area contributed by atoms with Crippen LogP contribution in [0.3, 0.4) is 0 Å². The number of carbonyl (C=O) groups excluding carboxylic acids is 2. The van der Waals surface area contributed by atoms with Gasteiger partial charge in [-0.3, -0.25) is 9.59 Å². The third-order valence-corrected chi connectivity index (χ3v) is 2.31. The van der Waals surface area contributed by atoms with Crippen molar-refractivity contribution in [2.45, 2.75) is 25.9 Å². The Bertz CT molecular complexity index is 368. The van der Waals surface area contributed by atoms with Crippen molar-refractivity contribution in [2.24, 2.45) is 0 Å². The summed E-state index contributed by atoms with van der Waals surface area (Å²) >= 11 is 0. The van der Waals surface area contributed by atoms with Crippen molar-refractivity contribution in [2.75, 3.05) is 0 Å². The van der Waals surface area contributed by atoms with Crippen LogP contribution in [0.2, 0.25) is 0 Å². The molecule has 0 saturated carbocycles. The highest BCUT2D eigenvalue weighted by atomic mass is 19.1. The topological polar surface area (TPSA) is 34.1 Å². The number of alkyl halides is 1. The average Bonchev–Trinajstić information content (AvgIpc) is 2.28. The fourth-order valence-electron chi connectivity index (χ4n) is 1.32. The van der Waals surface area contributed by atoms with Crippen LogP contribution in [0, 0.1) is 0 Å². The molecular weight excluding hydrogens is 195 g/mol. The van der Waals surface area contributed by atoms with Gasteiger partial charge in [-0.2, -0.15) is 0 Å². The van der Waals surface area contributed by atoms with Gasteiger partial charge in [-0.15, -0.1) is 0 Å². The Balaban J connectivity index is 3.00.